The third-order valence-electron chi connectivity index (χ3n) is 3.06. The Morgan fingerprint density at radius 3 is 2.53 bits per heavy atom. The van der Waals surface area contributed by atoms with Gasteiger partial charge in [-0.25, -0.2) is 0 Å². The van der Waals surface area contributed by atoms with E-state index in [0.29, 0.717) is 18.7 Å². The molecule has 98 valence electrons. The molecule has 0 heterocycles. The molecular weight excluding hydrogens is 236 g/mol. The van der Waals surface area contributed by atoms with Crippen LogP contribution in [0.5, 0.6) is 0 Å². The lowest BCUT2D eigenvalue weighted by Crippen LogP contribution is -2.23. The van der Waals surface area contributed by atoms with Gasteiger partial charge in [-0.15, -0.1) is 0 Å². The zero-order valence-electron chi connectivity index (χ0n) is 11.0. The normalized spacial score (nSPS) is 10.2. The van der Waals surface area contributed by atoms with Gasteiger partial charge >= 0.3 is 0 Å². The average molecular weight is 254 g/mol. The van der Waals surface area contributed by atoms with Crippen molar-refractivity contribution >= 4 is 5.91 Å². The Hall–Kier alpha value is -2.13. The largest absolute Gasteiger partial charge is 0.348 e. The van der Waals surface area contributed by atoms with E-state index in [2.05, 4.69) is 5.32 Å². The van der Waals surface area contributed by atoms with Crippen LogP contribution in [0.3, 0.4) is 0 Å². The lowest BCUT2D eigenvalue weighted by Gasteiger charge is -2.09. The summed E-state index contributed by atoms with van der Waals surface area (Å²) < 4.78 is 0. The fraction of sp³-hybridized carbons (Fsp3) is 0.188. The summed E-state index contributed by atoms with van der Waals surface area (Å²) in [5.74, 6) is -0.0597. The minimum atomic E-state index is -0.0597. The minimum Gasteiger partial charge on any atom is -0.348 e. The number of aryl methyl sites for hydroxylation is 1. The zero-order chi connectivity index (χ0) is 13.7. The first-order valence-electron chi connectivity index (χ1n) is 6.32. The smallest absolute Gasteiger partial charge is 0.251 e. The quantitative estimate of drug-likeness (QED) is 0.880. The molecule has 3 nitrogen and oxygen atoms in total. The first-order chi connectivity index (χ1) is 9.20. The highest BCUT2D eigenvalue weighted by Crippen LogP contribution is 2.08. The van der Waals surface area contributed by atoms with E-state index in [0.717, 1.165) is 16.7 Å². The fourth-order valence-electron chi connectivity index (χ4n) is 1.99. The maximum absolute atomic E-state index is 12.0. The van der Waals surface area contributed by atoms with Gasteiger partial charge in [0.25, 0.3) is 5.91 Å². The molecule has 3 heteroatoms. The topological polar surface area (TPSA) is 55.1 Å². The van der Waals surface area contributed by atoms with Crippen LogP contribution in [0.1, 0.15) is 27.0 Å². The molecule has 2 aromatic carbocycles. The highest BCUT2D eigenvalue weighted by atomic mass is 16.1. The van der Waals surface area contributed by atoms with Crippen LogP contribution in [-0.4, -0.2) is 5.91 Å². The number of nitrogens with one attached hydrogen (secondary N) is 1. The second-order valence-corrected chi connectivity index (χ2v) is 4.52. The van der Waals surface area contributed by atoms with E-state index in [1.54, 1.807) is 0 Å². The molecule has 0 aliphatic rings. The Morgan fingerprint density at radius 2 is 1.84 bits per heavy atom. The molecule has 3 N–H and O–H groups in total. The zero-order valence-corrected chi connectivity index (χ0v) is 11.0. The molecule has 0 bridgehead atoms. The van der Waals surface area contributed by atoms with Gasteiger partial charge in [0.05, 0.1) is 0 Å². The highest BCUT2D eigenvalue weighted by molar-refractivity contribution is 5.94. The number of carbonyl (C=O) groups is 1. The van der Waals surface area contributed by atoms with Gasteiger partial charge < -0.3 is 11.1 Å². The number of amides is 1. The molecule has 0 spiro atoms. The maximum atomic E-state index is 12.0. The van der Waals surface area contributed by atoms with Crippen molar-refractivity contribution in [1.82, 2.24) is 5.32 Å². The third kappa shape index (κ3) is 3.42. The molecule has 0 aromatic heterocycles. The molecule has 2 aromatic rings. The van der Waals surface area contributed by atoms with E-state index in [4.69, 9.17) is 5.73 Å². The van der Waals surface area contributed by atoms with Crippen LogP contribution in [0.25, 0.3) is 0 Å². The maximum Gasteiger partial charge on any atom is 0.251 e. The summed E-state index contributed by atoms with van der Waals surface area (Å²) in [6.45, 7) is 2.96. The molecule has 0 radical (unpaired) electrons. The number of carbonyl (C=O) groups excluding carboxylic acids is 1. The minimum absolute atomic E-state index is 0.0597. The molecule has 19 heavy (non-hydrogen) atoms. The van der Waals surface area contributed by atoms with Gasteiger partial charge in [0, 0.05) is 18.7 Å². The molecule has 1 amide bonds. The highest BCUT2D eigenvalue weighted by Gasteiger charge is 2.06. The Labute approximate surface area is 113 Å². The van der Waals surface area contributed by atoms with E-state index in [1.807, 2.05) is 55.5 Å². The summed E-state index contributed by atoms with van der Waals surface area (Å²) in [7, 11) is 0. The molecule has 0 unspecified atom stereocenters. The Balaban J connectivity index is 2.04. The van der Waals surface area contributed by atoms with E-state index >= 15 is 0 Å². The van der Waals surface area contributed by atoms with Crippen molar-refractivity contribution in [2.75, 3.05) is 0 Å². The van der Waals surface area contributed by atoms with Gasteiger partial charge in [-0.1, -0.05) is 42.0 Å². The van der Waals surface area contributed by atoms with Crippen molar-refractivity contribution in [2.24, 2.45) is 5.73 Å². The summed E-state index contributed by atoms with van der Waals surface area (Å²) in [5, 5.41) is 2.92. The van der Waals surface area contributed by atoms with Gasteiger partial charge in [-0.05, 0) is 30.2 Å². The average Bonchev–Trinajstić information content (AvgIpc) is 2.45. The van der Waals surface area contributed by atoms with Gasteiger partial charge in [-0.2, -0.15) is 0 Å². The number of nitrogens with two attached hydrogens (primary N) is 1. The second-order valence-electron chi connectivity index (χ2n) is 4.52. The van der Waals surface area contributed by atoms with Crippen molar-refractivity contribution in [1.29, 1.82) is 0 Å². The van der Waals surface area contributed by atoms with Crippen LogP contribution in [0.2, 0.25) is 0 Å². The van der Waals surface area contributed by atoms with Crippen molar-refractivity contribution in [3.8, 4) is 0 Å². The monoisotopic (exact) mass is 254 g/mol. The number of hydrogen-bond acceptors (Lipinski definition) is 2. The molecule has 0 saturated heterocycles. The Morgan fingerprint density at radius 1 is 1.11 bits per heavy atom. The van der Waals surface area contributed by atoms with Crippen molar-refractivity contribution < 1.29 is 4.79 Å². The van der Waals surface area contributed by atoms with E-state index in [-0.39, 0.29) is 5.91 Å². The summed E-state index contributed by atoms with van der Waals surface area (Å²) in [5.41, 5.74) is 9.56. The number of hydrogen-bond donors (Lipinski definition) is 2. The lowest BCUT2D eigenvalue weighted by molar-refractivity contribution is 0.0950. The van der Waals surface area contributed by atoms with Crippen LogP contribution < -0.4 is 11.1 Å². The van der Waals surface area contributed by atoms with E-state index < -0.39 is 0 Å². The predicted molar refractivity (Wildman–Crippen MR) is 76.7 cm³/mol. The lowest BCUT2D eigenvalue weighted by atomic mass is 10.1. The molecular formula is C16H18N2O. The Bertz CT molecular complexity index is 578. The van der Waals surface area contributed by atoms with Gasteiger partial charge in [-0.3, -0.25) is 4.79 Å². The number of benzene rings is 2. The van der Waals surface area contributed by atoms with Gasteiger partial charge in [0.2, 0.25) is 0 Å². The number of rotatable bonds is 4. The van der Waals surface area contributed by atoms with Crippen molar-refractivity contribution in [2.45, 2.75) is 20.0 Å². The fourth-order valence-corrected chi connectivity index (χ4v) is 1.99. The first kappa shape index (κ1) is 13.3. The molecule has 0 atom stereocenters. The molecule has 0 saturated carbocycles. The SMILES string of the molecule is Cc1cccc(C(=O)NCc2ccccc2CN)c1. The molecule has 0 fully saturated rings. The molecule has 2 rings (SSSR count). The van der Waals surface area contributed by atoms with Crippen LogP contribution in [0.4, 0.5) is 0 Å². The summed E-state index contributed by atoms with van der Waals surface area (Å²) in [6, 6.07) is 15.4. The predicted octanol–water partition coefficient (Wildman–Crippen LogP) is 2.38. The second kappa shape index (κ2) is 6.16. The first-order valence-corrected chi connectivity index (χ1v) is 6.32. The Kier molecular flexibility index (Phi) is 4.31. The molecule has 0 aliphatic carbocycles. The van der Waals surface area contributed by atoms with Crippen molar-refractivity contribution in [3.63, 3.8) is 0 Å². The molecule has 0 aliphatic heterocycles. The standard InChI is InChI=1S/C16H18N2O/c1-12-5-4-8-13(9-12)16(19)18-11-15-7-3-2-6-14(15)10-17/h2-9H,10-11,17H2,1H3,(H,18,19). The van der Waals surface area contributed by atoms with E-state index in [1.165, 1.54) is 0 Å². The van der Waals surface area contributed by atoms with E-state index in [9.17, 15) is 4.79 Å². The summed E-state index contributed by atoms with van der Waals surface area (Å²) in [4.78, 5) is 12.0. The van der Waals surface area contributed by atoms with Crippen LogP contribution in [0.15, 0.2) is 48.5 Å². The van der Waals surface area contributed by atoms with Crippen LogP contribution in [-0.2, 0) is 13.1 Å². The van der Waals surface area contributed by atoms with Crippen LogP contribution >= 0.6 is 0 Å². The third-order valence-corrected chi connectivity index (χ3v) is 3.06. The van der Waals surface area contributed by atoms with Gasteiger partial charge in [0.1, 0.15) is 0 Å². The van der Waals surface area contributed by atoms with Gasteiger partial charge in [0.15, 0.2) is 0 Å². The summed E-state index contributed by atoms with van der Waals surface area (Å²) in [6.07, 6.45) is 0. The summed E-state index contributed by atoms with van der Waals surface area (Å²) >= 11 is 0. The van der Waals surface area contributed by atoms with Crippen molar-refractivity contribution in [3.05, 3.63) is 70.8 Å². The van der Waals surface area contributed by atoms with Crippen LogP contribution in [0, 0.1) is 6.92 Å².